The van der Waals surface area contributed by atoms with Gasteiger partial charge in [0.05, 0.1) is 7.11 Å². The van der Waals surface area contributed by atoms with Gasteiger partial charge < -0.3 is 9.47 Å². The van der Waals surface area contributed by atoms with E-state index in [-0.39, 0.29) is 17.1 Å². The largest absolute Gasteiger partial charge is 0.493 e. The number of nitrogens with one attached hydrogen (secondary N) is 1. The maximum atomic E-state index is 12.4. The van der Waals surface area contributed by atoms with Crippen LogP contribution in [0, 0.1) is 0 Å². The van der Waals surface area contributed by atoms with E-state index in [2.05, 4.69) is 15.0 Å². The molecule has 0 radical (unpaired) electrons. The van der Waals surface area contributed by atoms with Gasteiger partial charge in [-0.2, -0.15) is 8.78 Å². The first-order valence-corrected chi connectivity index (χ1v) is 8.79. The molecule has 3 aromatic rings. The molecule has 0 bridgehead atoms. The predicted molar refractivity (Wildman–Crippen MR) is 98.9 cm³/mol. The van der Waals surface area contributed by atoms with Gasteiger partial charge in [-0.15, -0.1) is 11.3 Å². The Bertz CT molecular complexity index is 916. The lowest BCUT2D eigenvalue weighted by atomic mass is 10.1. The number of rotatable bonds is 7. The SMILES string of the molecule is COc1cc(C(=O)Nc2ncc(Cc3ccccc3)s2)ccc1OC(F)F. The number of carbonyl (C=O) groups excluding carboxylic acids is 1. The molecule has 140 valence electrons. The van der Waals surface area contributed by atoms with E-state index in [0.717, 1.165) is 16.9 Å². The Morgan fingerprint density at radius 3 is 2.67 bits per heavy atom. The van der Waals surface area contributed by atoms with Crippen molar-refractivity contribution in [1.82, 2.24) is 4.98 Å². The van der Waals surface area contributed by atoms with Gasteiger partial charge in [0.25, 0.3) is 5.91 Å². The van der Waals surface area contributed by atoms with Crippen molar-refractivity contribution in [3.05, 3.63) is 70.7 Å². The molecule has 1 N–H and O–H groups in total. The Morgan fingerprint density at radius 1 is 1.19 bits per heavy atom. The number of ether oxygens (including phenoxy) is 2. The van der Waals surface area contributed by atoms with Crippen LogP contribution < -0.4 is 14.8 Å². The summed E-state index contributed by atoms with van der Waals surface area (Å²) in [5.74, 6) is -0.507. The van der Waals surface area contributed by atoms with E-state index < -0.39 is 12.5 Å². The molecule has 27 heavy (non-hydrogen) atoms. The van der Waals surface area contributed by atoms with Crippen LogP contribution in [0.1, 0.15) is 20.8 Å². The third-order valence-electron chi connectivity index (χ3n) is 3.64. The second kappa shape index (κ2) is 8.59. The van der Waals surface area contributed by atoms with Crippen molar-refractivity contribution < 1.29 is 23.0 Å². The van der Waals surface area contributed by atoms with Gasteiger partial charge in [0, 0.05) is 23.1 Å². The van der Waals surface area contributed by atoms with Crippen molar-refractivity contribution >= 4 is 22.4 Å². The fourth-order valence-electron chi connectivity index (χ4n) is 2.42. The van der Waals surface area contributed by atoms with Gasteiger partial charge in [0.15, 0.2) is 16.6 Å². The highest BCUT2D eigenvalue weighted by Gasteiger charge is 2.15. The lowest BCUT2D eigenvalue weighted by Crippen LogP contribution is -2.12. The Balaban J connectivity index is 1.68. The molecular formula is C19H16F2N2O3S. The fraction of sp³-hybridized carbons (Fsp3) is 0.158. The molecule has 0 saturated carbocycles. The van der Waals surface area contributed by atoms with E-state index in [1.165, 1.54) is 36.6 Å². The zero-order valence-corrected chi connectivity index (χ0v) is 15.1. The standard InChI is InChI=1S/C19H16F2N2O3S/c1-25-16-10-13(7-8-15(16)26-18(20)21)17(24)23-19-22-11-14(27-19)9-12-5-3-2-4-6-12/h2-8,10-11,18H,9H2,1H3,(H,22,23,24). The molecule has 0 aliphatic carbocycles. The van der Waals surface area contributed by atoms with E-state index in [4.69, 9.17) is 4.74 Å². The Kier molecular flexibility index (Phi) is 5.97. The first-order chi connectivity index (χ1) is 13.0. The summed E-state index contributed by atoms with van der Waals surface area (Å²) in [5, 5.41) is 3.16. The van der Waals surface area contributed by atoms with Crippen LogP contribution >= 0.6 is 11.3 Å². The normalized spacial score (nSPS) is 10.7. The molecule has 0 spiro atoms. The van der Waals surface area contributed by atoms with Crippen LogP contribution in [0.5, 0.6) is 11.5 Å². The Morgan fingerprint density at radius 2 is 1.96 bits per heavy atom. The van der Waals surface area contributed by atoms with Crippen molar-refractivity contribution in [2.45, 2.75) is 13.0 Å². The summed E-state index contributed by atoms with van der Waals surface area (Å²) in [5.41, 5.74) is 1.40. The fourth-order valence-corrected chi connectivity index (χ4v) is 3.26. The molecule has 1 heterocycles. The van der Waals surface area contributed by atoms with Crippen molar-refractivity contribution in [1.29, 1.82) is 0 Å². The van der Waals surface area contributed by atoms with Crippen molar-refractivity contribution in [2.24, 2.45) is 0 Å². The summed E-state index contributed by atoms with van der Waals surface area (Å²) < 4.78 is 34.1. The molecule has 0 aliphatic heterocycles. The number of thiazole rings is 1. The lowest BCUT2D eigenvalue weighted by molar-refractivity contribution is -0.0512. The zero-order chi connectivity index (χ0) is 19.2. The molecule has 8 heteroatoms. The first-order valence-electron chi connectivity index (χ1n) is 7.98. The smallest absolute Gasteiger partial charge is 0.387 e. The average molecular weight is 390 g/mol. The van der Waals surface area contributed by atoms with Gasteiger partial charge >= 0.3 is 6.61 Å². The molecule has 0 aliphatic rings. The molecular weight excluding hydrogens is 374 g/mol. The number of aromatic nitrogens is 1. The summed E-state index contributed by atoms with van der Waals surface area (Å²) in [4.78, 5) is 17.6. The van der Waals surface area contributed by atoms with Crippen LogP contribution in [-0.2, 0) is 6.42 Å². The monoisotopic (exact) mass is 390 g/mol. The third kappa shape index (κ3) is 5.01. The van der Waals surface area contributed by atoms with Gasteiger partial charge in [0.1, 0.15) is 0 Å². The van der Waals surface area contributed by atoms with Crippen LogP contribution in [0.3, 0.4) is 0 Å². The minimum atomic E-state index is -2.98. The molecule has 0 unspecified atom stereocenters. The summed E-state index contributed by atoms with van der Waals surface area (Å²) in [6.07, 6.45) is 2.44. The minimum absolute atomic E-state index is 0.0480. The van der Waals surface area contributed by atoms with Crippen LogP contribution in [0.2, 0.25) is 0 Å². The number of carbonyl (C=O) groups is 1. The molecule has 3 rings (SSSR count). The second-order valence-corrected chi connectivity index (χ2v) is 6.61. The van der Waals surface area contributed by atoms with E-state index in [1.807, 2.05) is 30.3 Å². The number of benzene rings is 2. The molecule has 0 atom stereocenters. The van der Waals surface area contributed by atoms with E-state index >= 15 is 0 Å². The lowest BCUT2D eigenvalue weighted by Gasteiger charge is -2.11. The number of hydrogen-bond acceptors (Lipinski definition) is 5. The summed E-state index contributed by atoms with van der Waals surface area (Å²) in [6, 6.07) is 13.9. The number of methoxy groups -OCH3 is 1. The Hall–Kier alpha value is -3.00. The predicted octanol–water partition coefficient (Wildman–Crippen LogP) is 4.60. The molecule has 2 aromatic carbocycles. The third-order valence-corrected chi connectivity index (χ3v) is 4.55. The number of nitrogens with zero attached hydrogens (tertiary/aromatic N) is 1. The van der Waals surface area contributed by atoms with Crippen LogP contribution in [0.4, 0.5) is 13.9 Å². The topological polar surface area (TPSA) is 60.5 Å². The number of halogens is 2. The summed E-state index contributed by atoms with van der Waals surface area (Å²) in [7, 11) is 1.31. The van der Waals surface area contributed by atoms with E-state index in [0.29, 0.717) is 5.13 Å². The first kappa shape index (κ1) is 18.8. The van der Waals surface area contributed by atoms with Gasteiger partial charge in [0.2, 0.25) is 0 Å². The van der Waals surface area contributed by atoms with Gasteiger partial charge in [-0.05, 0) is 23.8 Å². The highest BCUT2D eigenvalue weighted by molar-refractivity contribution is 7.15. The number of anilines is 1. The average Bonchev–Trinajstić information content (AvgIpc) is 3.09. The van der Waals surface area contributed by atoms with Crippen LogP contribution in [0.25, 0.3) is 0 Å². The Labute approximate surface area is 158 Å². The minimum Gasteiger partial charge on any atom is -0.493 e. The highest BCUT2D eigenvalue weighted by Crippen LogP contribution is 2.30. The molecule has 0 fully saturated rings. The van der Waals surface area contributed by atoms with Crippen molar-refractivity contribution in [2.75, 3.05) is 12.4 Å². The van der Waals surface area contributed by atoms with Crippen molar-refractivity contribution in [3.63, 3.8) is 0 Å². The van der Waals surface area contributed by atoms with Crippen LogP contribution in [-0.4, -0.2) is 24.6 Å². The van der Waals surface area contributed by atoms with Crippen LogP contribution in [0.15, 0.2) is 54.7 Å². The number of alkyl halides is 2. The maximum Gasteiger partial charge on any atom is 0.387 e. The van der Waals surface area contributed by atoms with E-state index in [9.17, 15) is 13.6 Å². The molecule has 1 aromatic heterocycles. The van der Waals surface area contributed by atoms with Gasteiger partial charge in [-0.25, -0.2) is 4.98 Å². The second-order valence-electron chi connectivity index (χ2n) is 5.49. The van der Waals surface area contributed by atoms with E-state index in [1.54, 1.807) is 6.20 Å². The number of hydrogen-bond donors (Lipinski definition) is 1. The summed E-state index contributed by atoms with van der Waals surface area (Å²) in [6.45, 7) is -2.98. The van der Waals surface area contributed by atoms with Gasteiger partial charge in [-0.1, -0.05) is 30.3 Å². The summed E-state index contributed by atoms with van der Waals surface area (Å²) >= 11 is 1.37. The van der Waals surface area contributed by atoms with Gasteiger partial charge in [-0.3, -0.25) is 10.1 Å². The molecule has 1 amide bonds. The quantitative estimate of drug-likeness (QED) is 0.641. The zero-order valence-electron chi connectivity index (χ0n) is 14.3. The highest BCUT2D eigenvalue weighted by atomic mass is 32.1. The maximum absolute atomic E-state index is 12.4. The van der Waals surface area contributed by atoms with Crippen molar-refractivity contribution in [3.8, 4) is 11.5 Å². The number of amides is 1. The molecule has 5 nitrogen and oxygen atoms in total. The molecule has 0 saturated heterocycles.